The number of carbonyl (C=O) groups is 1. The highest BCUT2D eigenvalue weighted by molar-refractivity contribution is 7.16. The molecule has 7 heteroatoms. The molecule has 3 rings (SSSR count). The van der Waals surface area contributed by atoms with Crippen LogP contribution in [0.15, 0.2) is 22.6 Å². The number of carbonyl (C=O) groups excluding carboxylic acids is 1. The number of thiophene rings is 1. The molecule has 3 heterocycles. The van der Waals surface area contributed by atoms with Crippen molar-refractivity contribution in [2.75, 3.05) is 13.2 Å². The molecule has 0 radical (unpaired) electrons. The van der Waals surface area contributed by atoms with Crippen molar-refractivity contribution in [1.82, 2.24) is 14.5 Å². The molecule has 1 N–H and O–H groups in total. The van der Waals surface area contributed by atoms with Crippen LogP contribution in [0.1, 0.15) is 12.8 Å². The average Bonchev–Trinajstić information content (AvgIpc) is 3.09. The van der Waals surface area contributed by atoms with E-state index in [2.05, 4.69) is 4.98 Å². The molecule has 0 aliphatic carbocycles. The average molecular weight is 293 g/mol. The molecule has 106 valence electrons. The zero-order valence-corrected chi connectivity index (χ0v) is 11.7. The van der Waals surface area contributed by atoms with E-state index in [4.69, 9.17) is 0 Å². The van der Waals surface area contributed by atoms with Crippen molar-refractivity contribution in [3.63, 3.8) is 0 Å². The molecule has 1 amide bonds. The fourth-order valence-corrected chi connectivity index (χ4v) is 3.32. The lowest BCUT2D eigenvalue weighted by molar-refractivity contribution is -0.133. The van der Waals surface area contributed by atoms with Gasteiger partial charge in [0, 0.05) is 6.54 Å². The first-order valence-corrected chi connectivity index (χ1v) is 7.41. The Bertz CT molecular complexity index is 693. The van der Waals surface area contributed by atoms with Gasteiger partial charge >= 0.3 is 0 Å². The van der Waals surface area contributed by atoms with Crippen molar-refractivity contribution in [2.45, 2.75) is 25.4 Å². The Balaban J connectivity index is 1.84. The van der Waals surface area contributed by atoms with Gasteiger partial charge in [0.2, 0.25) is 5.91 Å². The number of hydrogen-bond acceptors (Lipinski definition) is 5. The van der Waals surface area contributed by atoms with Crippen LogP contribution in [0.3, 0.4) is 0 Å². The van der Waals surface area contributed by atoms with Crippen LogP contribution >= 0.6 is 11.3 Å². The van der Waals surface area contributed by atoms with Crippen molar-refractivity contribution >= 4 is 27.5 Å². The van der Waals surface area contributed by atoms with Crippen molar-refractivity contribution in [2.24, 2.45) is 0 Å². The number of aliphatic hydroxyl groups excluding tert-OH is 1. The van der Waals surface area contributed by atoms with Gasteiger partial charge in [0.1, 0.15) is 11.4 Å². The molecule has 0 unspecified atom stereocenters. The summed E-state index contributed by atoms with van der Waals surface area (Å²) in [7, 11) is 0. The Hall–Kier alpha value is -1.73. The van der Waals surface area contributed by atoms with Crippen LogP contribution < -0.4 is 5.56 Å². The Labute approximate surface area is 119 Å². The van der Waals surface area contributed by atoms with Crippen molar-refractivity contribution < 1.29 is 9.90 Å². The molecule has 1 atom stereocenters. The van der Waals surface area contributed by atoms with Gasteiger partial charge in [0.05, 0.1) is 24.4 Å². The third kappa shape index (κ3) is 2.23. The van der Waals surface area contributed by atoms with Gasteiger partial charge in [-0.2, -0.15) is 0 Å². The first-order chi connectivity index (χ1) is 9.70. The molecular formula is C13H15N3O3S. The zero-order chi connectivity index (χ0) is 14.1. The van der Waals surface area contributed by atoms with Gasteiger partial charge in [0.15, 0.2) is 0 Å². The van der Waals surface area contributed by atoms with Gasteiger partial charge in [-0.05, 0) is 24.3 Å². The predicted molar refractivity (Wildman–Crippen MR) is 75.7 cm³/mol. The summed E-state index contributed by atoms with van der Waals surface area (Å²) in [4.78, 5) is 31.0. The molecule has 1 aliphatic rings. The number of hydrogen-bond donors (Lipinski definition) is 1. The van der Waals surface area contributed by atoms with Gasteiger partial charge in [-0.15, -0.1) is 11.3 Å². The zero-order valence-electron chi connectivity index (χ0n) is 10.9. The van der Waals surface area contributed by atoms with E-state index in [1.165, 1.54) is 22.2 Å². The maximum absolute atomic E-state index is 12.2. The van der Waals surface area contributed by atoms with Gasteiger partial charge < -0.3 is 10.0 Å². The Morgan fingerprint density at radius 3 is 3.20 bits per heavy atom. The number of aromatic nitrogens is 2. The van der Waals surface area contributed by atoms with E-state index in [1.54, 1.807) is 11.0 Å². The molecule has 1 aliphatic heterocycles. The van der Waals surface area contributed by atoms with Gasteiger partial charge in [-0.25, -0.2) is 4.98 Å². The van der Waals surface area contributed by atoms with Crippen LogP contribution in [0, 0.1) is 0 Å². The van der Waals surface area contributed by atoms with Gasteiger partial charge in [-0.3, -0.25) is 14.2 Å². The summed E-state index contributed by atoms with van der Waals surface area (Å²) in [6.45, 7) is 0.601. The Kier molecular flexibility index (Phi) is 3.54. The molecule has 2 aromatic heterocycles. The second-order valence-electron chi connectivity index (χ2n) is 4.88. The van der Waals surface area contributed by atoms with Crippen molar-refractivity contribution in [1.29, 1.82) is 0 Å². The molecular weight excluding hydrogens is 278 g/mol. The molecule has 1 saturated heterocycles. The van der Waals surface area contributed by atoms with Crippen molar-refractivity contribution in [3.8, 4) is 0 Å². The smallest absolute Gasteiger partial charge is 0.262 e. The molecule has 1 fully saturated rings. The minimum absolute atomic E-state index is 0.0197. The lowest BCUT2D eigenvalue weighted by Gasteiger charge is -2.23. The Morgan fingerprint density at radius 2 is 2.40 bits per heavy atom. The van der Waals surface area contributed by atoms with E-state index in [1.807, 2.05) is 5.38 Å². The summed E-state index contributed by atoms with van der Waals surface area (Å²) in [5, 5.41) is 11.6. The lowest BCUT2D eigenvalue weighted by Crippen LogP contribution is -2.41. The number of amides is 1. The summed E-state index contributed by atoms with van der Waals surface area (Å²) in [6.07, 6.45) is 3.13. The standard InChI is InChI=1S/C13H15N3O3S/c17-7-9-2-1-4-16(9)11(18)6-15-8-14-12-10(13(15)19)3-5-20-12/h3,5,8-9,17H,1-2,4,6-7H2/t9-/m0/s1. The fraction of sp³-hybridized carbons (Fsp3) is 0.462. The van der Waals surface area contributed by atoms with Crippen LogP contribution in [0.25, 0.3) is 10.2 Å². The monoisotopic (exact) mass is 293 g/mol. The largest absolute Gasteiger partial charge is 0.394 e. The van der Waals surface area contributed by atoms with Crippen LogP contribution in [0.4, 0.5) is 0 Å². The van der Waals surface area contributed by atoms with E-state index in [0.717, 1.165) is 12.8 Å². The lowest BCUT2D eigenvalue weighted by atomic mass is 10.2. The predicted octanol–water partition coefficient (Wildman–Crippen LogP) is 0.441. The van der Waals surface area contributed by atoms with Crippen LogP contribution in [-0.4, -0.2) is 44.7 Å². The first-order valence-electron chi connectivity index (χ1n) is 6.53. The van der Waals surface area contributed by atoms with Crippen LogP contribution in [-0.2, 0) is 11.3 Å². The fourth-order valence-electron chi connectivity index (χ4n) is 2.60. The third-order valence-electron chi connectivity index (χ3n) is 3.66. The third-order valence-corrected chi connectivity index (χ3v) is 4.49. The van der Waals surface area contributed by atoms with E-state index in [9.17, 15) is 14.7 Å². The maximum atomic E-state index is 12.2. The Morgan fingerprint density at radius 1 is 1.55 bits per heavy atom. The summed E-state index contributed by atoms with van der Waals surface area (Å²) in [6, 6.07) is 1.61. The normalized spacial score (nSPS) is 18.9. The molecule has 6 nitrogen and oxygen atoms in total. The second kappa shape index (κ2) is 5.34. The van der Waals surface area contributed by atoms with E-state index in [0.29, 0.717) is 16.8 Å². The molecule has 0 bridgehead atoms. The summed E-state index contributed by atoms with van der Waals surface area (Å²) in [5.74, 6) is -0.139. The minimum atomic E-state index is -0.190. The highest BCUT2D eigenvalue weighted by Crippen LogP contribution is 2.17. The number of fused-ring (bicyclic) bond motifs is 1. The van der Waals surface area contributed by atoms with Crippen molar-refractivity contribution in [3.05, 3.63) is 28.1 Å². The summed E-state index contributed by atoms with van der Waals surface area (Å²) < 4.78 is 1.34. The molecule has 20 heavy (non-hydrogen) atoms. The number of rotatable bonds is 3. The highest BCUT2D eigenvalue weighted by atomic mass is 32.1. The van der Waals surface area contributed by atoms with Crippen LogP contribution in [0.2, 0.25) is 0 Å². The number of likely N-dealkylation sites (tertiary alicyclic amines) is 1. The number of nitrogens with zero attached hydrogens (tertiary/aromatic N) is 3. The number of aliphatic hydroxyl groups is 1. The maximum Gasteiger partial charge on any atom is 0.262 e. The molecule has 0 aromatic carbocycles. The van der Waals surface area contributed by atoms with Crippen LogP contribution in [0.5, 0.6) is 0 Å². The molecule has 0 saturated carbocycles. The van der Waals surface area contributed by atoms with Gasteiger partial charge in [-0.1, -0.05) is 0 Å². The topological polar surface area (TPSA) is 75.4 Å². The summed E-state index contributed by atoms with van der Waals surface area (Å²) in [5.41, 5.74) is -0.190. The second-order valence-corrected chi connectivity index (χ2v) is 5.78. The highest BCUT2D eigenvalue weighted by Gasteiger charge is 2.28. The minimum Gasteiger partial charge on any atom is -0.394 e. The van der Waals surface area contributed by atoms with E-state index in [-0.39, 0.29) is 30.7 Å². The van der Waals surface area contributed by atoms with Gasteiger partial charge in [0.25, 0.3) is 5.56 Å². The molecule has 2 aromatic rings. The first kappa shape index (κ1) is 13.3. The SMILES string of the molecule is O=C(Cn1cnc2sccc2c1=O)N1CCC[C@H]1CO. The van der Waals surface area contributed by atoms with E-state index < -0.39 is 0 Å². The molecule has 0 spiro atoms. The van der Waals surface area contributed by atoms with E-state index >= 15 is 0 Å². The summed E-state index contributed by atoms with van der Waals surface area (Å²) >= 11 is 1.41. The quantitative estimate of drug-likeness (QED) is 0.891.